The van der Waals surface area contributed by atoms with Crippen molar-refractivity contribution in [3.05, 3.63) is 28.2 Å². The van der Waals surface area contributed by atoms with Crippen molar-refractivity contribution < 1.29 is 14.2 Å². The minimum atomic E-state index is 0.381. The maximum atomic E-state index is 5.59. The van der Waals surface area contributed by atoms with Gasteiger partial charge in [-0.1, -0.05) is 44.9 Å². The Hall–Kier alpha value is -2.26. The summed E-state index contributed by atoms with van der Waals surface area (Å²) in [5.74, 6) is 3.87. The molecule has 3 aromatic rings. The predicted octanol–water partition coefficient (Wildman–Crippen LogP) is 6.35. The maximum absolute atomic E-state index is 5.59. The number of hydrogen-bond donors (Lipinski definition) is 0. The van der Waals surface area contributed by atoms with Gasteiger partial charge in [-0.25, -0.2) is 4.98 Å². The lowest BCUT2D eigenvalue weighted by molar-refractivity contribution is 0.324. The van der Waals surface area contributed by atoms with Gasteiger partial charge < -0.3 is 14.2 Å². The van der Waals surface area contributed by atoms with Crippen LogP contribution in [-0.2, 0) is 5.75 Å². The highest BCUT2D eigenvalue weighted by molar-refractivity contribution is 7.98. The van der Waals surface area contributed by atoms with E-state index in [0.29, 0.717) is 29.2 Å². The van der Waals surface area contributed by atoms with E-state index in [2.05, 4.69) is 34.0 Å². The molecule has 0 radical (unpaired) electrons. The van der Waals surface area contributed by atoms with Gasteiger partial charge in [-0.2, -0.15) is 0 Å². The second-order valence-electron chi connectivity index (χ2n) is 8.50. The molecule has 0 bridgehead atoms. The highest BCUT2D eigenvalue weighted by atomic mass is 32.2. The molecule has 0 unspecified atom stereocenters. The fourth-order valence-electron chi connectivity index (χ4n) is 4.24. The van der Waals surface area contributed by atoms with Crippen molar-refractivity contribution in [2.75, 3.05) is 21.3 Å². The molecule has 0 N–H and O–H groups in total. The number of thiazole rings is 1. The van der Waals surface area contributed by atoms with Gasteiger partial charge >= 0.3 is 0 Å². The van der Waals surface area contributed by atoms with Crippen LogP contribution in [0.1, 0.15) is 68.6 Å². The fourth-order valence-corrected chi connectivity index (χ4v) is 6.08. The first kappa shape index (κ1) is 23.9. The van der Waals surface area contributed by atoms with Crippen molar-refractivity contribution in [3.8, 4) is 28.6 Å². The van der Waals surface area contributed by atoms with Crippen molar-refractivity contribution in [3.63, 3.8) is 0 Å². The smallest absolute Gasteiger partial charge is 0.203 e. The minimum Gasteiger partial charge on any atom is -0.493 e. The van der Waals surface area contributed by atoms with Crippen molar-refractivity contribution in [2.45, 2.75) is 68.8 Å². The normalized spacial score (nSPS) is 14.6. The van der Waals surface area contributed by atoms with Crippen LogP contribution in [-0.4, -0.2) is 41.1 Å². The monoisotopic (exact) mass is 488 g/mol. The first-order chi connectivity index (χ1) is 16.0. The van der Waals surface area contributed by atoms with Crippen LogP contribution in [0.5, 0.6) is 17.2 Å². The average molecular weight is 489 g/mol. The SMILES string of the molecule is COc1cc(-c2nnc(SCc3csc(C(C)C)n3)n2C2CCCCC2)cc(OC)c1OC. The van der Waals surface area contributed by atoms with Gasteiger partial charge in [-0.05, 0) is 25.0 Å². The second-order valence-corrected chi connectivity index (χ2v) is 10.3. The van der Waals surface area contributed by atoms with Crippen LogP contribution in [0.15, 0.2) is 22.7 Å². The number of methoxy groups -OCH3 is 3. The predicted molar refractivity (Wildman–Crippen MR) is 133 cm³/mol. The Morgan fingerprint density at radius 1 is 1.03 bits per heavy atom. The number of hydrogen-bond acceptors (Lipinski definition) is 8. The van der Waals surface area contributed by atoms with Crippen LogP contribution in [0, 0.1) is 0 Å². The molecule has 4 rings (SSSR count). The van der Waals surface area contributed by atoms with E-state index in [1.54, 1.807) is 44.4 Å². The highest BCUT2D eigenvalue weighted by Crippen LogP contribution is 2.43. The van der Waals surface area contributed by atoms with E-state index in [0.717, 1.165) is 40.8 Å². The molecule has 1 aliphatic rings. The van der Waals surface area contributed by atoms with Gasteiger partial charge in [-0.15, -0.1) is 21.5 Å². The van der Waals surface area contributed by atoms with E-state index < -0.39 is 0 Å². The molecule has 33 heavy (non-hydrogen) atoms. The lowest BCUT2D eigenvalue weighted by Crippen LogP contribution is -2.15. The maximum Gasteiger partial charge on any atom is 0.203 e. The number of thioether (sulfide) groups is 1. The molecule has 2 aromatic heterocycles. The van der Waals surface area contributed by atoms with Crippen molar-refractivity contribution in [1.29, 1.82) is 0 Å². The van der Waals surface area contributed by atoms with E-state index in [4.69, 9.17) is 19.2 Å². The summed E-state index contributed by atoms with van der Waals surface area (Å²) >= 11 is 3.44. The van der Waals surface area contributed by atoms with Gasteiger partial charge in [0.1, 0.15) is 0 Å². The molecule has 1 saturated carbocycles. The van der Waals surface area contributed by atoms with Crippen molar-refractivity contribution >= 4 is 23.1 Å². The molecule has 178 valence electrons. The van der Waals surface area contributed by atoms with Crippen LogP contribution in [0.3, 0.4) is 0 Å². The average Bonchev–Trinajstić information content (AvgIpc) is 3.49. The fraction of sp³-hybridized carbons (Fsp3) is 0.542. The van der Waals surface area contributed by atoms with Crippen LogP contribution >= 0.6 is 23.1 Å². The first-order valence-corrected chi connectivity index (χ1v) is 13.2. The summed E-state index contributed by atoms with van der Waals surface area (Å²) in [7, 11) is 4.88. The van der Waals surface area contributed by atoms with Crippen molar-refractivity contribution in [1.82, 2.24) is 19.7 Å². The highest BCUT2D eigenvalue weighted by Gasteiger charge is 2.26. The summed E-state index contributed by atoms with van der Waals surface area (Å²) < 4.78 is 19.0. The van der Waals surface area contributed by atoms with Gasteiger partial charge in [-0.3, -0.25) is 4.57 Å². The largest absolute Gasteiger partial charge is 0.493 e. The molecule has 0 atom stereocenters. The standard InChI is InChI=1S/C24H32N4O3S2/c1-15(2)23-25-17(13-32-23)14-33-24-27-26-22(28(24)18-9-7-6-8-10-18)16-11-19(29-3)21(31-5)20(12-16)30-4/h11-13,15,18H,6-10,14H2,1-5H3. The van der Waals surface area contributed by atoms with Gasteiger partial charge in [0.25, 0.3) is 0 Å². The molecular weight excluding hydrogens is 456 g/mol. The lowest BCUT2D eigenvalue weighted by atomic mass is 9.95. The Morgan fingerprint density at radius 3 is 2.30 bits per heavy atom. The van der Waals surface area contributed by atoms with Gasteiger partial charge in [0.2, 0.25) is 5.75 Å². The van der Waals surface area contributed by atoms with Crippen LogP contribution in [0.4, 0.5) is 0 Å². The summed E-state index contributed by atoms with van der Waals surface area (Å²) in [5, 5.41) is 13.5. The molecule has 1 aromatic carbocycles. The Bertz CT molecular complexity index is 1050. The second kappa shape index (κ2) is 10.8. The van der Waals surface area contributed by atoms with Crippen molar-refractivity contribution in [2.24, 2.45) is 0 Å². The lowest BCUT2D eigenvalue weighted by Gasteiger charge is -2.26. The molecule has 1 fully saturated rings. The number of aromatic nitrogens is 4. The Morgan fingerprint density at radius 2 is 1.73 bits per heavy atom. The van der Waals surface area contributed by atoms with E-state index in [-0.39, 0.29) is 0 Å². The number of benzene rings is 1. The summed E-state index contributed by atoms with van der Waals surface area (Å²) in [4.78, 5) is 4.79. The third-order valence-corrected chi connectivity index (χ3v) is 8.11. The summed E-state index contributed by atoms with van der Waals surface area (Å²) in [6.07, 6.45) is 6.02. The molecule has 9 heteroatoms. The molecule has 7 nitrogen and oxygen atoms in total. The zero-order chi connectivity index (χ0) is 23.4. The van der Waals surface area contributed by atoms with E-state index in [9.17, 15) is 0 Å². The Balaban J connectivity index is 1.70. The van der Waals surface area contributed by atoms with E-state index in [1.165, 1.54) is 24.3 Å². The molecule has 1 aliphatic carbocycles. The van der Waals surface area contributed by atoms with Gasteiger partial charge in [0.15, 0.2) is 22.5 Å². The summed E-state index contributed by atoms with van der Waals surface area (Å²) in [6.45, 7) is 4.36. The zero-order valence-electron chi connectivity index (χ0n) is 20.0. The third-order valence-electron chi connectivity index (χ3n) is 5.94. The Kier molecular flexibility index (Phi) is 7.80. The molecule has 0 aliphatic heterocycles. The van der Waals surface area contributed by atoms with E-state index >= 15 is 0 Å². The minimum absolute atomic E-state index is 0.381. The zero-order valence-corrected chi connectivity index (χ0v) is 21.6. The molecular formula is C24H32N4O3S2. The molecule has 0 amide bonds. The van der Waals surface area contributed by atoms with Gasteiger partial charge in [0.05, 0.1) is 32.0 Å². The Labute approximate surface area is 203 Å². The quantitative estimate of drug-likeness (QED) is 0.325. The topological polar surface area (TPSA) is 71.3 Å². The first-order valence-electron chi connectivity index (χ1n) is 11.4. The van der Waals surface area contributed by atoms with Gasteiger partial charge in [0, 0.05) is 28.7 Å². The van der Waals surface area contributed by atoms with Crippen LogP contribution in [0.2, 0.25) is 0 Å². The van der Waals surface area contributed by atoms with E-state index in [1.807, 2.05) is 12.1 Å². The van der Waals surface area contributed by atoms with Crippen LogP contribution in [0.25, 0.3) is 11.4 Å². The van der Waals surface area contributed by atoms with Crippen LogP contribution < -0.4 is 14.2 Å². The number of rotatable bonds is 9. The number of nitrogens with zero attached hydrogens (tertiary/aromatic N) is 4. The summed E-state index contributed by atoms with van der Waals surface area (Å²) in [6, 6.07) is 4.29. The molecule has 0 spiro atoms. The third kappa shape index (κ3) is 5.14. The molecule has 0 saturated heterocycles. The summed E-state index contributed by atoms with van der Waals surface area (Å²) in [5.41, 5.74) is 2.01. The molecule has 2 heterocycles. The number of ether oxygens (including phenoxy) is 3.